The van der Waals surface area contributed by atoms with Crippen LogP contribution in [0.4, 0.5) is 0 Å². The van der Waals surface area contributed by atoms with Gasteiger partial charge in [-0.05, 0) is 77.0 Å². The quantitative estimate of drug-likeness (QED) is 0.0160. The van der Waals surface area contributed by atoms with Crippen molar-refractivity contribution in [3.63, 3.8) is 0 Å². The maximum Gasteiger partial charge on any atom is 0.469 e. The molecule has 0 aliphatic carbocycles. The third-order valence-corrected chi connectivity index (χ3v) is 8.56. The predicted molar refractivity (Wildman–Crippen MR) is 219 cm³/mol. The fourth-order valence-corrected chi connectivity index (χ4v) is 5.34. The van der Waals surface area contributed by atoms with Crippen LogP contribution in [0.15, 0.2) is 85.1 Å². The number of rotatable bonds is 35. The van der Waals surface area contributed by atoms with Gasteiger partial charge in [0.25, 0.3) is 0 Å². The highest BCUT2D eigenvalue weighted by Gasteiger charge is 2.23. The molecule has 0 saturated carbocycles. The highest BCUT2D eigenvalue weighted by molar-refractivity contribution is 7.46. The third kappa shape index (κ3) is 38.9. The lowest BCUT2D eigenvalue weighted by atomic mass is 10.1. The summed E-state index contributed by atoms with van der Waals surface area (Å²) in [7, 11) is -4.83. The molecule has 11 heteroatoms. The molecule has 0 rings (SSSR count). The molecule has 0 saturated heterocycles. The van der Waals surface area contributed by atoms with Gasteiger partial charge in [-0.3, -0.25) is 14.1 Å². The number of aliphatic hydroxyl groups excluding tert-OH is 2. The first-order valence-electron chi connectivity index (χ1n) is 20.1. The van der Waals surface area contributed by atoms with Crippen molar-refractivity contribution in [2.75, 3.05) is 13.2 Å². The number of carbonyl (C=O) groups is 2. The molecule has 3 atom stereocenters. The minimum Gasteiger partial charge on any atom is -0.462 e. The summed E-state index contributed by atoms with van der Waals surface area (Å²) in [6.45, 7) is 3.35. The van der Waals surface area contributed by atoms with E-state index in [1.54, 1.807) is 36.5 Å². The van der Waals surface area contributed by atoms with Gasteiger partial charge in [-0.2, -0.15) is 0 Å². The van der Waals surface area contributed by atoms with Crippen LogP contribution in [0, 0.1) is 0 Å². The zero-order valence-corrected chi connectivity index (χ0v) is 34.0. The molecule has 0 spiro atoms. The summed E-state index contributed by atoms with van der Waals surface area (Å²) in [5.74, 6) is -1.16. The standard InChI is InChI=1S/C43H71O10P/c1-3-5-7-9-11-12-13-14-15-16-17-18-19-20-21-23-29-35-42(46)51-37-41(38-52-54(48,49)50)53-43(47)36-30-34-40(45)33-28-25-24-27-32-39(44)31-26-22-10-8-6-4-2/h11-12,14-15,17-18,22,24-28,32-33,39-41,44-45H,3-10,13,16,19-21,23,29-31,34-38H2,1-2H3,(H2,48,49,50)/b12-11-,15-14-,18-17-,25-24+,26-22-,32-27+,33-28-/t39-,40-,41+/m0/s1. The van der Waals surface area contributed by atoms with Crippen LogP contribution in [0.5, 0.6) is 0 Å². The fraction of sp³-hybridized carbons (Fsp3) is 0.628. The molecule has 0 aliphatic heterocycles. The molecule has 54 heavy (non-hydrogen) atoms. The Balaban J connectivity index is 4.28. The molecule has 0 fully saturated rings. The normalized spacial score (nSPS) is 14.6. The minimum absolute atomic E-state index is 0.0580. The summed E-state index contributed by atoms with van der Waals surface area (Å²) >= 11 is 0. The Morgan fingerprint density at radius 2 is 1.11 bits per heavy atom. The highest BCUT2D eigenvalue weighted by Crippen LogP contribution is 2.36. The number of phosphoric acid groups is 1. The summed E-state index contributed by atoms with van der Waals surface area (Å²) < 4.78 is 26.2. The van der Waals surface area contributed by atoms with Crippen LogP contribution < -0.4 is 0 Å². The van der Waals surface area contributed by atoms with E-state index >= 15 is 0 Å². The lowest BCUT2D eigenvalue weighted by Gasteiger charge is -2.18. The van der Waals surface area contributed by atoms with Crippen LogP contribution in [0.3, 0.4) is 0 Å². The summed E-state index contributed by atoms with van der Waals surface area (Å²) in [6.07, 6.45) is 42.1. The van der Waals surface area contributed by atoms with Gasteiger partial charge in [-0.25, -0.2) is 4.57 Å². The van der Waals surface area contributed by atoms with Crippen LogP contribution >= 0.6 is 7.82 Å². The Hall–Kier alpha value is -2.85. The second-order valence-corrected chi connectivity index (χ2v) is 14.5. The summed E-state index contributed by atoms with van der Waals surface area (Å²) in [4.78, 5) is 42.8. The topological polar surface area (TPSA) is 160 Å². The molecular formula is C43H71O10P. The lowest BCUT2D eigenvalue weighted by molar-refractivity contribution is -0.161. The minimum atomic E-state index is -4.83. The number of aliphatic hydroxyl groups is 2. The van der Waals surface area contributed by atoms with Crippen LogP contribution in [-0.2, 0) is 28.2 Å². The van der Waals surface area contributed by atoms with Crippen LogP contribution in [0.25, 0.3) is 0 Å². The molecule has 0 heterocycles. The first-order valence-corrected chi connectivity index (χ1v) is 21.6. The number of hydrogen-bond donors (Lipinski definition) is 4. The van der Waals surface area contributed by atoms with Crippen molar-refractivity contribution in [3.05, 3.63) is 85.1 Å². The second kappa shape index (κ2) is 37.1. The lowest BCUT2D eigenvalue weighted by Crippen LogP contribution is -2.29. The average Bonchev–Trinajstić information content (AvgIpc) is 3.13. The van der Waals surface area contributed by atoms with Gasteiger partial charge in [0.2, 0.25) is 0 Å². The second-order valence-electron chi connectivity index (χ2n) is 13.3. The molecule has 0 bridgehead atoms. The van der Waals surface area contributed by atoms with E-state index in [0.717, 1.165) is 57.8 Å². The Morgan fingerprint density at radius 3 is 1.70 bits per heavy atom. The predicted octanol–water partition coefficient (Wildman–Crippen LogP) is 10.0. The Bertz CT molecular complexity index is 1180. The van der Waals surface area contributed by atoms with E-state index in [2.05, 4.69) is 60.9 Å². The van der Waals surface area contributed by atoms with Crippen molar-refractivity contribution in [3.8, 4) is 0 Å². The van der Waals surface area contributed by atoms with E-state index in [0.29, 0.717) is 19.3 Å². The van der Waals surface area contributed by atoms with Crippen molar-refractivity contribution >= 4 is 19.8 Å². The maximum atomic E-state index is 12.4. The molecule has 0 aromatic carbocycles. The Morgan fingerprint density at radius 1 is 0.593 bits per heavy atom. The number of unbranched alkanes of at least 4 members (excludes halogenated alkanes) is 10. The van der Waals surface area contributed by atoms with Gasteiger partial charge < -0.3 is 29.5 Å². The van der Waals surface area contributed by atoms with Crippen LogP contribution in [0.2, 0.25) is 0 Å². The van der Waals surface area contributed by atoms with Gasteiger partial charge in [0.05, 0.1) is 18.8 Å². The van der Waals surface area contributed by atoms with E-state index in [4.69, 9.17) is 19.3 Å². The van der Waals surface area contributed by atoms with Crippen molar-refractivity contribution in [2.45, 2.75) is 161 Å². The number of allylic oxidation sites excluding steroid dienone is 11. The fourth-order valence-electron chi connectivity index (χ4n) is 4.98. The van der Waals surface area contributed by atoms with E-state index in [1.807, 2.05) is 6.08 Å². The van der Waals surface area contributed by atoms with Crippen molar-refractivity contribution in [1.82, 2.24) is 0 Å². The summed E-state index contributed by atoms with van der Waals surface area (Å²) in [6, 6.07) is 0. The van der Waals surface area contributed by atoms with E-state index in [-0.39, 0.29) is 19.3 Å². The van der Waals surface area contributed by atoms with Crippen LogP contribution in [0.1, 0.15) is 142 Å². The van der Waals surface area contributed by atoms with Gasteiger partial charge in [0.15, 0.2) is 6.10 Å². The van der Waals surface area contributed by atoms with Gasteiger partial charge in [-0.15, -0.1) is 0 Å². The summed E-state index contributed by atoms with van der Waals surface area (Å²) in [5, 5.41) is 20.2. The number of carbonyl (C=O) groups excluding carboxylic acids is 2. The molecule has 0 aromatic heterocycles. The molecule has 0 aliphatic rings. The SMILES string of the molecule is CCCCC/C=C\C/C=C\C/C=C\CCCCCCC(=O)OC[C@H](COP(=O)(O)O)OC(=O)CCC[C@@H](O)\C=C/C=C/C=C/[C@@H](O)C/C=C\CCCCC. The van der Waals surface area contributed by atoms with Crippen molar-refractivity contribution in [1.29, 1.82) is 0 Å². The zero-order valence-electron chi connectivity index (χ0n) is 33.1. The largest absolute Gasteiger partial charge is 0.469 e. The number of esters is 2. The zero-order chi connectivity index (χ0) is 40.0. The first-order chi connectivity index (χ1) is 26.1. The Kier molecular flexibility index (Phi) is 35.1. The van der Waals surface area contributed by atoms with Gasteiger partial charge in [0.1, 0.15) is 6.61 Å². The van der Waals surface area contributed by atoms with Crippen molar-refractivity contribution in [2.24, 2.45) is 0 Å². The molecule has 308 valence electrons. The Labute approximate surface area is 326 Å². The number of ether oxygens (including phenoxy) is 2. The third-order valence-electron chi connectivity index (χ3n) is 8.08. The maximum absolute atomic E-state index is 12.4. The number of hydrogen-bond acceptors (Lipinski definition) is 8. The summed E-state index contributed by atoms with van der Waals surface area (Å²) in [5.41, 5.74) is 0. The van der Waals surface area contributed by atoms with E-state index < -0.39 is 51.3 Å². The molecule has 0 unspecified atom stereocenters. The first kappa shape index (κ1) is 51.1. The van der Waals surface area contributed by atoms with Gasteiger partial charge in [-0.1, -0.05) is 137 Å². The van der Waals surface area contributed by atoms with E-state index in [1.165, 1.54) is 32.1 Å². The van der Waals surface area contributed by atoms with Crippen molar-refractivity contribution < 1.29 is 48.2 Å². The molecule has 10 nitrogen and oxygen atoms in total. The monoisotopic (exact) mass is 778 g/mol. The highest BCUT2D eigenvalue weighted by atomic mass is 31.2. The van der Waals surface area contributed by atoms with E-state index in [9.17, 15) is 24.4 Å². The molecule has 4 N–H and O–H groups in total. The number of phosphoric ester groups is 1. The average molecular weight is 779 g/mol. The van der Waals surface area contributed by atoms with Gasteiger partial charge in [0, 0.05) is 12.8 Å². The molecule has 0 radical (unpaired) electrons. The van der Waals surface area contributed by atoms with Crippen LogP contribution in [-0.4, -0.2) is 63.5 Å². The molecule has 0 aromatic rings. The molecule has 0 amide bonds. The smallest absolute Gasteiger partial charge is 0.462 e. The molecular weight excluding hydrogens is 707 g/mol. The van der Waals surface area contributed by atoms with Gasteiger partial charge >= 0.3 is 19.8 Å².